The van der Waals surface area contributed by atoms with Crippen LogP contribution in [-0.2, 0) is 17.6 Å². The van der Waals surface area contributed by atoms with Gasteiger partial charge in [0.15, 0.2) is 0 Å². The number of hydrogen-bond acceptors (Lipinski definition) is 5. The molecule has 0 spiro atoms. The second-order valence-corrected chi connectivity index (χ2v) is 4.68. The zero-order valence-electron chi connectivity index (χ0n) is 11.6. The highest BCUT2D eigenvalue weighted by molar-refractivity contribution is 6.34. The van der Waals surface area contributed by atoms with Crippen LogP contribution in [0, 0.1) is 10.1 Å². The molecule has 1 aromatic carbocycles. The molecule has 0 aliphatic rings. The summed E-state index contributed by atoms with van der Waals surface area (Å²) in [6.07, 6.45) is -0.00988. The van der Waals surface area contributed by atoms with Gasteiger partial charge in [-0.3, -0.25) is 15.8 Å². The number of nitrogens with two attached hydrogens (primary N) is 1. The number of esters is 1. The lowest BCUT2D eigenvalue weighted by molar-refractivity contribution is -0.386. The van der Waals surface area contributed by atoms with Crippen LogP contribution in [0.3, 0.4) is 0 Å². The molecule has 0 aromatic heterocycles. The summed E-state index contributed by atoms with van der Waals surface area (Å²) >= 11 is 6.12. The molecule has 110 valence electrons. The third-order valence-corrected chi connectivity index (χ3v) is 3.27. The van der Waals surface area contributed by atoms with E-state index < -0.39 is 17.1 Å². The van der Waals surface area contributed by atoms with E-state index in [0.717, 1.165) is 0 Å². The highest BCUT2D eigenvalue weighted by atomic mass is 35.5. The predicted molar refractivity (Wildman–Crippen MR) is 75.9 cm³/mol. The number of nitro groups is 1. The molecule has 0 aliphatic carbocycles. The summed E-state index contributed by atoms with van der Waals surface area (Å²) in [5, 5.41) is 11.2. The Hall–Kier alpha value is -1.66. The van der Waals surface area contributed by atoms with E-state index in [1.165, 1.54) is 13.0 Å². The van der Waals surface area contributed by atoms with Crippen molar-refractivity contribution < 1.29 is 14.5 Å². The third kappa shape index (κ3) is 3.26. The zero-order valence-corrected chi connectivity index (χ0v) is 12.4. The first-order valence-corrected chi connectivity index (χ1v) is 6.66. The number of carbonyl (C=O) groups is 1. The van der Waals surface area contributed by atoms with Crippen molar-refractivity contribution in [2.45, 2.75) is 39.8 Å². The van der Waals surface area contributed by atoms with Gasteiger partial charge in [0.2, 0.25) is 0 Å². The van der Waals surface area contributed by atoms with Crippen molar-refractivity contribution in [2.75, 3.05) is 0 Å². The molecular formula is C13H17ClN2O4. The average molecular weight is 301 g/mol. The molecular weight excluding hydrogens is 284 g/mol. The molecule has 2 N–H and O–H groups in total. The normalized spacial score (nSPS) is 12.1. The van der Waals surface area contributed by atoms with Gasteiger partial charge in [0.25, 0.3) is 5.69 Å². The Balaban J connectivity index is 3.49. The number of benzene rings is 1. The number of hydrogen-bond donors (Lipinski definition) is 1. The van der Waals surface area contributed by atoms with Gasteiger partial charge in [-0.25, -0.2) is 4.79 Å². The number of ether oxygens (including phenoxy) is 1. The van der Waals surface area contributed by atoms with E-state index in [1.54, 1.807) is 13.8 Å². The molecule has 0 bridgehead atoms. The van der Waals surface area contributed by atoms with Gasteiger partial charge in [0, 0.05) is 11.1 Å². The van der Waals surface area contributed by atoms with Crippen LogP contribution in [0.5, 0.6) is 0 Å². The number of nitro benzene ring substituents is 1. The van der Waals surface area contributed by atoms with Gasteiger partial charge in [-0.2, -0.15) is 0 Å². The van der Waals surface area contributed by atoms with E-state index in [0.29, 0.717) is 24.0 Å². The molecule has 0 aliphatic heterocycles. The maximum absolute atomic E-state index is 11.9. The fourth-order valence-electron chi connectivity index (χ4n) is 1.97. The lowest BCUT2D eigenvalue weighted by Gasteiger charge is -2.13. The van der Waals surface area contributed by atoms with E-state index in [2.05, 4.69) is 0 Å². The minimum Gasteiger partial charge on any atom is -0.443 e. The molecule has 0 saturated heterocycles. The van der Waals surface area contributed by atoms with Crippen LogP contribution < -0.4 is 5.73 Å². The largest absolute Gasteiger partial charge is 0.443 e. The van der Waals surface area contributed by atoms with Crippen LogP contribution in [0.2, 0.25) is 5.02 Å². The topological polar surface area (TPSA) is 95.5 Å². The monoisotopic (exact) mass is 300 g/mol. The first kappa shape index (κ1) is 16.4. The standard InChI is InChI=1S/C13H17ClN2O4/c1-4-8-6-10(13(17)20-7(3)15)11(14)9(5-2)12(8)16(18)19/h6-7H,4-5,15H2,1-3H3. The molecule has 0 heterocycles. The Labute approximate surface area is 122 Å². The van der Waals surface area contributed by atoms with Gasteiger partial charge in [0.05, 0.1) is 15.5 Å². The summed E-state index contributed by atoms with van der Waals surface area (Å²) in [5.41, 5.74) is 6.28. The second-order valence-electron chi connectivity index (χ2n) is 4.30. The van der Waals surface area contributed by atoms with E-state index in [1.807, 2.05) is 0 Å². The van der Waals surface area contributed by atoms with Crippen molar-refractivity contribution in [3.8, 4) is 0 Å². The number of carbonyl (C=O) groups excluding carboxylic acids is 1. The van der Waals surface area contributed by atoms with Crippen molar-refractivity contribution in [1.29, 1.82) is 0 Å². The van der Waals surface area contributed by atoms with Crippen molar-refractivity contribution >= 4 is 23.3 Å². The van der Waals surface area contributed by atoms with Crippen LogP contribution in [0.1, 0.15) is 42.3 Å². The first-order valence-electron chi connectivity index (χ1n) is 6.28. The summed E-state index contributed by atoms with van der Waals surface area (Å²) < 4.78 is 4.90. The molecule has 6 nitrogen and oxygen atoms in total. The van der Waals surface area contributed by atoms with Crippen molar-refractivity contribution in [2.24, 2.45) is 5.73 Å². The Kier molecular flexibility index (Phi) is 5.47. The lowest BCUT2D eigenvalue weighted by Crippen LogP contribution is -2.24. The SMILES string of the molecule is CCc1cc(C(=O)OC(C)N)c(Cl)c(CC)c1[N+](=O)[O-]. The molecule has 0 fully saturated rings. The van der Waals surface area contributed by atoms with E-state index in [4.69, 9.17) is 22.1 Å². The first-order chi connectivity index (χ1) is 9.33. The Morgan fingerprint density at radius 2 is 2.10 bits per heavy atom. The molecule has 1 unspecified atom stereocenters. The Morgan fingerprint density at radius 1 is 1.50 bits per heavy atom. The van der Waals surface area contributed by atoms with Crippen molar-refractivity contribution in [3.63, 3.8) is 0 Å². The summed E-state index contributed by atoms with van der Waals surface area (Å²) in [6.45, 7) is 5.03. The maximum atomic E-state index is 11.9. The summed E-state index contributed by atoms with van der Waals surface area (Å²) in [7, 11) is 0. The molecule has 1 atom stereocenters. The average Bonchev–Trinajstić information content (AvgIpc) is 2.36. The Morgan fingerprint density at radius 3 is 2.50 bits per heavy atom. The van der Waals surface area contributed by atoms with Crippen molar-refractivity contribution in [1.82, 2.24) is 0 Å². The van der Waals surface area contributed by atoms with Crippen LogP contribution in [0.25, 0.3) is 0 Å². The molecule has 0 saturated carbocycles. The highest BCUT2D eigenvalue weighted by Crippen LogP contribution is 2.34. The highest BCUT2D eigenvalue weighted by Gasteiger charge is 2.26. The van der Waals surface area contributed by atoms with Gasteiger partial charge in [0.1, 0.15) is 6.23 Å². The fraction of sp³-hybridized carbons (Fsp3) is 0.462. The molecule has 1 aromatic rings. The number of nitrogens with zero attached hydrogens (tertiary/aromatic N) is 1. The third-order valence-electron chi connectivity index (χ3n) is 2.84. The maximum Gasteiger partial charge on any atom is 0.341 e. The van der Waals surface area contributed by atoms with E-state index >= 15 is 0 Å². The van der Waals surface area contributed by atoms with Crippen LogP contribution in [0.15, 0.2) is 6.07 Å². The summed E-state index contributed by atoms with van der Waals surface area (Å²) in [4.78, 5) is 22.7. The summed E-state index contributed by atoms with van der Waals surface area (Å²) in [5.74, 6) is -0.677. The smallest absolute Gasteiger partial charge is 0.341 e. The summed E-state index contributed by atoms with van der Waals surface area (Å²) in [6, 6.07) is 1.41. The molecule has 0 amide bonds. The zero-order chi connectivity index (χ0) is 15.4. The second kappa shape index (κ2) is 6.67. The van der Waals surface area contributed by atoms with E-state index in [-0.39, 0.29) is 16.3 Å². The Bertz CT molecular complexity index is 544. The minimum absolute atomic E-state index is 0.0302. The van der Waals surface area contributed by atoms with Gasteiger partial charge in [-0.15, -0.1) is 0 Å². The van der Waals surface area contributed by atoms with Crippen LogP contribution in [0.4, 0.5) is 5.69 Å². The quantitative estimate of drug-likeness (QED) is 0.390. The van der Waals surface area contributed by atoms with Gasteiger partial charge >= 0.3 is 5.97 Å². The molecule has 20 heavy (non-hydrogen) atoms. The van der Waals surface area contributed by atoms with Gasteiger partial charge in [-0.05, 0) is 25.8 Å². The molecule has 0 radical (unpaired) electrons. The molecule has 7 heteroatoms. The fourth-order valence-corrected chi connectivity index (χ4v) is 2.32. The van der Waals surface area contributed by atoms with Gasteiger partial charge < -0.3 is 4.74 Å². The van der Waals surface area contributed by atoms with Crippen LogP contribution >= 0.6 is 11.6 Å². The number of halogens is 1. The van der Waals surface area contributed by atoms with Crippen molar-refractivity contribution in [3.05, 3.63) is 37.9 Å². The minimum atomic E-state index is -0.774. The van der Waals surface area contributed by atoms with Gasteiger partial charge in [-0.1, -0.05) is 25.4 Å². The number of rotatable bonds is 5. The van der Waals surface area contributed by atoms with E-state index in [9.17, 15) is 14.9 Å². The number of aryl methyl sites for hydroxylation is 1. The van der Waals surface area contributed by atoms with Crippen LogP contribution in [-0.4, -0.2) is 17.1 Å². The lowest BCUT2D eigenvalue weighted by atomic mass is 9.99. The predicted octanol–water partition coefficient (Wildman–Crippen LogP) is 2.83. The molecule has 1 rings (SSSR count).